The number of rotatable bonds is 9. The summed E-state index contributed by atoms with van der Waals surface area (Å²) < 4.78 is 5.86. The summed E-state index contributed by atoms with van der Waals surface area (Å²) in [6.07, 6.45) is 4.75. The summed E-state index contributed by atoms with van der Waals surface area (Å²) in [6, 6.07) is 14.1. The molecule has 0 atom stereocenters. The van der Waals surface area contributed by atoms with Gasteiger partial charge in [-0.15, -0.1) is 0 Å². The molecule has 0 aromatic heterocycles. The Balaban J connectivity index is 1.74. The van der Waals surface area contributed by atoms with Gasteiger partial charge in [0.15, 0.2) is 5.43 Å². The van der Waals surface area contributed by atoms with Crippen LogP contribution in [0.3, 0.4) is 0 Å². The van der Waals surface area contributed by atoms with Gasteiger partial charge in [-0.3, -0.25) is 4.79 Å². The molecule has 1 aliphatic carbocycles. The molecular weight excluding hydrogens is 464 g/mol. The zero-order valence-corrected chi connectivity index (χ0v) is 19.9. The number of fused-ring (bicyclic) bond motifs is 2. The van der Waals surface area contributed by atoms with Crippen molar-refractivity contribution < 1.29 is 19.4 Å². The number of carbonyl (C=O) groups is 1. The predicted octanol–water partition coefficient (Wildman–Crippen LogP) is 5.62. The number of anilines is 1. The first kappa shape index (κ1) is 24.4. The molecule has 0 spiro atoms. The third-order valence-electron chi connectivity index (χ3n) is 5.84. The number of hydrogen-bond acceptors (Lipinski definition) is 6. The lowest BCUT2D eigenvalue weighted by Crippen LogP contribution is -2.10. The van der Waals surface area contributed by atoms with E-state index in [1.807, 2.05) is 0 Å². The number of phenols is 1. The summed E-state index contributed by atoms with van der Waals surface area (Å²) in [4.78, 5) is 24.9. The standard InChI is InChI=1S/C27H26N2O5S/c28-12-4-2-1-3-5-25(35)29-16-6-9-19(22(13-16)27(32)33)26-20-10-7-17(30)14-23(20)34-24-15-18(31)8-11-21(24)26/h6-11,13-15,30H,1-5,12,28H2,(H,29,35)(H,32,33). The molecule has 0 saturated heterocycles. The van der Waals surface area contributed by atoms with Gasteiger partial charge in [0.05, 0.1) is 10.6 Å². The second-order valence-electron chi connectivity index (χ2n) is 8.38. The van der Waals surface area contributed by atoms with Crippen molar-refractivity contribution in [3.8, 4) is 28.2 Å². The van der Waals surface area contributed by atoms with E-state index in [0.29, 0.717) is 57.1 Å². The Morgan fingerprint density at radius 3 is 2.51 bits per heavy atom. The van der Waals surface area contributed by atoms with Gasteiger partial charge in [-0.1, -0.05) is 31.1 Å². The molecule has 1 heterocycles. The van der Waals surface area contributed by atoms with Crippen LogP contribution in [0, 0.1) is 0 Å². The van der Waals surface area contributed by atoms with Crippen LogP contribution in [0.4, 0.5) is 5.69 Å². The maximum Gasteiger partial charge on any atom is 0.336 e. The van der Waals surface area contributed by atoms with Gasteiger partial charge in [0, 0.05) is 34.3 Å². The third-order valence-corrected chi connectivity index (χ3v) is 6.14. The minimum Gasteiger partial charge on any atom is -0.508 e. The number of aromatic hydroxyl groups is 1. The SMILES string of the molecule is NCCCCCCC(=S)Nc1ccc(-c2c3ccc(=O)cc-3oc3cc(O)ccc23)c(C(=O)O)c1. The van der Waals surface area contributed by atoms with Crippen LogP contribution < -0.4 is 16.5 Å². The first-order chi connectivity index (χ1) is 16.9. The van der Waals surface area contributed by atoms with Gasteiger partial charge in [0.2, 0.25) is 0 Å². The zero-order valence-electron chi connectivity index (χ0n) is 19.0. The Morgan fingerprint density at radius 2 is 1.74 bits per heavy atom. The van der Waals surface area contributed by atoms with Crippen molar-refractivity contribution >= 4 is 39.8 Å². The van der Waals surface area contributed by atoms with Crippen molar-refractivity contribution in [2.75, 3.05) is 11.9 Å². The fourth-order valence-electron chi connectivity index (χ4n) is 4.17. The number of benzene rings is 3. The van der Waals surface area contributed by atoms with Crippen LogP contribution in [0.1, 0.15) is 42.5 Å². The molecule has 0 bridgehead atoms. The lowest BCUT2D eigenvalue weighted by Gasteiger charge is -2.17. The fraction of sp³-hybridized carbons (Fsp3) is 0.222. The molecule has 1 aliphatic heterocycles. The Labute approximate surface area is 207 Å². The van der Waals surface area contributed by atoms with Crippen LogP contribution in [0.5, 0.6) is 5.75 Å². The molecular formula is C27H26N2O5S. The highest BCUT2D eigenvalue weighted by atomic mass is 32.1. The van der Waals surface area contributed by atoms with E-state index in [4.69, 9.17) is 22.4 Å². The van der Waals surface area contributed by atoms with E-state index in [-0.39, 0.29) is 16.7 Å². The van der Waals surface area contributed by atoms with Crippen molar-refractivity contribution in [3.05, 3.63) is 70.4 Å². The Bertz CT molecular complexity index is 1430. The van der Waals surface area contributed by atoms with Gasteiger partial charge >= 0.3 is 5.97 Å². The van der Waals surface area contributed by atoms with E-state index >= 15 is 0 Å². The number of phenolic OH excluding ortho intramolecular Hbond substituents is 1. The van der Waals surface area contributed by atoms with Crippen molar-refractivity contribution in [2.45, 2.75) is 32.1 Å². The van der Waals surface area contributed by atoms with Crippen molar-refractivity contribution in [1.82, 2.24) is 0 Å². The van der Waals surface area contributed by atoms with Crippen LogP contribution in [-0.2, 0) is 0 Å². The molecule has 7 nitrogen and oxygen atoms in total. The predicted molar refractivity (Wildman–Crippen MR) is 142 cm³/mol. The molecule has 0 saturated carbocycles. The molecule has 2 aliphatic rings. The normalized spacial score (nSPS) is 11.1. The molecule has 0 unspecified atom stereocenters. The van der Waals surface area contributed by atoms with Crippen molar-refractivity contribution in [3.63, 3.8) is 0 Å². The zero-order chi connectivity index (χ0) is 24.9. The van der Waals surface area contributed by atoms with Crippen molar-refractivity contribution in [2.24, 2.45) is 5.73 Å². The molecule has 0 fully saturated rings. The number of aromatic carboxylic acids is 1. The van der Waals surface area contributed by atoms with Gasteiger partial charge in [-0.05, 0) is 67.8 Å². The molecule has 180 valence electrons. The monoisotopic (exact) mass is 490 g/mol. The molecule has 0 radical (unpaired) electrons. The molecule has 5 N–H and O–H groups in total. The highest BCUT2D eigenvalue weighted by molar-refractivity contribution is 7.80. The molecule has 4 rings (SSSR count). The van der Waals surface area contributed by atoms with E-state index < -0.39 is 5.97 Å². The number of thiocarbonyl (C=S) groups is 1. The van der Waals surface area contributed by atoms with Gasteiger partial charge in [-0.25, -0.2) is 4.79 Å². The third kappa shape index (κ3) is 5.50. The Kier molecular flexibility index (Phi) is 7.43. The number of carboxylic acids is 1. The fourth-order valence-corrected chi connectivity index (χ4v) is 4.44. The van der Waals surface area contributed by atoms with Gasteiger partial charge in [0.25, 0.3) is 0 Å². The molecule has 8 heteroatoms. The van der Waals surface area contributed by atoms with Crippen molar-refractivity contribution in [1.29, 1.82) is 0 Å². The molecule has 2 aromatic rings. The van der Waals surface area contributed by atoms with Crippen LogP contribution in [0.15, 0.2) is 63.8 Å². The first-order valence-corrected chi connectivity index (χ1v) is 11.9. The highest BCUT2D eigenvalue weighted by Gasteiger charge is 2.22. The summed E-state index contributed by atoms with van der Waals surface area (Å²) in [5.74, 6) is -0.794. The average Bonchev–Trinajstić information content (AvgIpc) is 2.82. The van der Waals surface area contributed by atoms with Crippen LogP contribution in [0.25, 0.3) is 33.4 Å². The minimum atomic E-state index is -1.10. The number of carboxylic acid groups (broad SMARTS) is 1. The van der Waals surface area contributed by atoms with E-state index in [1.54, 1.807) is 30.3 Å². The second kappa shape index (κ2) is 10.7. The lowest BCUT2D eigenvalue weighted by atomic mass is 9.90. The quantitative estimate of drug-likeness (QED) is 0.135. The number of nitrogens with two attached hydrogens (primary N) is 1. The smallest absolute Gasteiger partial charge is 0.336 e. The minimum absolute atomic E-state index is 0.000580. The topological polar surface area (TPSA) is 126 Å². The molecule has 2 aromatic carbocycles. The van der Waals surface area contributed by atoms with Gasteiger partial charge in [0.1, 0.15) is 17.1 Å². The summed E-state index contributed by atoms with van der Waals surface area (Å²) in [5.41, 5.74) is 7.96. The van der Waals surface area contributed by atoms with Crippen LogP contribution >= 0.6 is 12.2 Å². The van der Waals surface area contributed by atoms with Gasteiger partial charge in [-0.2, -0.15) is 0 Å². The summed E-state index contributed by atoms with van der Waals surface area (Å²) in [5, 5.41) is 23.8. The van der Waals surface area contributed by atoms with Crippen LogP contribution in [0.2, 0.25) is 0 Å². The summed E-state index contributed by atoms with van der Waals surface area (Å²) in [6.45, 7) is 0.687. The van der Waals surface area contributed by atoms with E-state index in [0.717, 1.165) is 25.7 Å². The first-order valence-electron chi connectivity index (χ1n) is 11.4. The number of unbranched alkanes of at least 4 members (excludes halogenated alkanes) is 3. The Hall–Kier alpha value is -3.75. The highest BCUT2D eigenvalue weighted by Crippen LogP contribution is 2.42. The molecule has 35 heavy (non-hydrogen) atoms. The van der Waals surface area contributed by atoms with Gasteiger partial charge < -0.3 is 25.7 Å². The van der Waals surface area contributed by atoms with E-state index in [9.17, 15) is 19.8 Å². The number of nitrogens with one attached hydrogen (secondary N) is 1. The lowest BCUT2D eigenvalue weighted by molar-refractivity contribution is 0.0697. The summed E-state index contributed by atoms with van der Waals surface area (Å²) >= 11 is 5.45. The van der Waals surface area contributed by atoms with E-state index in [2.05, 4.69) is 5.32 Å². The van der Waals surface area contributed by atoms with Crippen LogP contribution in [-0.4, -0.2) is 27.7 Å². The second-order valence-corrected chi connectivity index (χ2v) is 8.87. The van der Waals surface area contributed by atoms with E-state index in [1.165, 1.54) is 24.3 Å². The maximum absolute atomic E-state index is 12.3. The number of hydrogen-bond donors (Lipinski definition) is 4. The maximum atomic E-state index is 12.3. The Morgan fingerprint density at radius 1 is 0.971 bits per heavy atom. The summed E-state index contributed by atoms with van der Waals surface area (Å²) in [7, 11) is 0. The molecule has 0 amide bonds. The average molecular weight is 491 g/mol. The largest absolute Gasteiger partial charge is 0.508 e.